The Kier molecular flexibility index (Phi) is 4.50. The van der Waals surface area contributed by atoms with Crippen molar-refractivity contribution >= 4 is 5.97 Å². The van der Waals surface area contributed by atoms with Crippen LogP contribution in [-0.4, -0.2) is 22.3 Å². The second-order valence-corrected chi connectivity index (χ2v) is 9.79. The Morgan fingerprint density at radius 2 is 1.93 bits per heavy atom. The molecule has 4 rings (SSSR count). The lowest BCUT2D eigenvalue weighted by molar-refractivity contribution is -0.136. The van der Waals surface area contributed by atoms with Crippen LogP contribution in [0.2, 0.25) is 0 Å². The highest BCUT2D eigenvalue weighted by Crippen LogP contribution is 2.66. The number of nitriles is 1. The summed E-state index contributed by atoms with van der Waals surface area (Å²) >= 11 is 0. The number of aliphatic hydroxyl groups excluding tert-OH is 1. The first-order valence-corrected chi connectivity index (χ1v) is 10.5. The summed E-state index contributed by atoms with van der Waals surface area (Å²) in [7, 11) is 0. The first kappa shape index (κ1) is 18.7. The van der Waals surface area contributed by atoms with E-state index in [0.717, 1.165) is 56.9 Å². The molecule has 0 aromatic carbocycles. The zero-order chi connectivity index (χ0) is 19.4. The molecule has 4 nitrogen and oxygen atoms in total. The lowest BCUT2D eigenvalue weighted by Gasteiger charge is -2.57. The van der Waals surface area contributed by atoms with Gasteiger partial charge in [0.25, 0.3) is 0 Å². The molecule has 3 saturated carbocycles. The maximum atomic E-state index is 11.2. The molecule has 6 atom stereocenters. The molecule has 0 aromatic heterocycles. The van der Waals surface area contributed by atoms with Gasteiger partial charge in [0.1, 0.15) is 0 Å². The summed E-state index contributed by atoms with van der Waals surface area (Å²) < 4.78 is 0. The molecule has 4 heteroatoms. The van der Waals surface area contributed by atoms with E-state index < -0.39 is 5.97 Å². The fraction of sp³-hybridized carbons (Fsp3) is 0.739. The summed E-state index contributed by atoms with van der Waals surface area (Å²) in [5.74, 6) is 0.922. The molecule has 27 heavy (non-hydrogen) atoms. The average Bonchev–Trinajstić information content (AvgIpc) is 2.97. The highest BCUT2D eigenvalue weighted by molar-refractivity contribution is 5.72. The normalized spacial score (nSPS) is 45.0. The number of hydrogen-bond acceptors (Lipinski definition) is 3. The Balaban J connectivity index is 1.67. The predicted molar refractivity (Wildman–Crippen MR) is 103 cm³/mol. The first-order chi connectivity index (χ1) is 12.8. The number of aliphatic carboxylic acids is 1. The minimum Gasteiger partial charge on any atom is -0.481 e. The molecule has 0 aromatic rings. The lowest BCUT2D eigenvalue weighted by Crippen LogP contribution is -2.49. The fourth-order valence-corrected chi connectivity index (χ4v) is 7.31. The number of nitrogens with zero attached hydrogens (tertiary/aromatic N) is 1. The predicted octanol–water partition coefficient (Wildman–Crippen LogP) is 4.60. The summed E-state index contributed by atoms with van der Waals surface area (Å²) in [6.07, 6.45) is 10.2. The van der Waals surface area contributed by atoms with Crippen molar-refractivity contribution in [1.82, 2.24) is 0 Å². The zero-order valence-corrected chi connectivity index (χ0v) is 16.5. The van der Waals surface area contributed by atoms with Crippen molar-refractivity contribution in [3.05, 3.63) is 22.8 Å². The largest absolute Gasteiger partial charge is 0.481 e. The van der Waals surface area contributed by atoms with E-state index in [-0.39, 0.29) is 23.4 Å². The van der Waals surface area contributed by atoms with Crippen molar-refractivity contribution in [3.63, 3.8) is 0 Å². The van der Waals surface area contributed by atoms with Gasteiger partial charge in [-0.3, -0.25) is 4.79 Å². The number of hydrogen-bond donors (Lipinski definition) is 2. The van der Waals surface area contributed by atoms with Crippen LogP contribution < -0.4 is 0 Å². The van der Waals surface area contributed by atoms with Gasteiger partial charge in [-0.05, 0) is 85.5 Å². The Morgan fingerprint density at radius 1 is 1.22 bits per heavy atom. The van der Waals surface area contributed by atoms with Gasteiger partial charge in [0, 0.05) is 5.57 Å². The molecular formula is C23H31NO3. The molecule has 0 heterocycles. The van der Waals surface area contributed by atoms with Crippen LogP contribution in [0.1, 0.15) is 71.6 Å². The van der Waals surface area contributed by atoms with Crippen molar-refractivity contribution in [3.8, 4) is 6.07 Å². The Morgan fingerprint density at radius 3 is 2.63 bits per heavy atom. The van der Waals surface area contributed by atoms with E-state index >= 15 is 0 Å². The highest BCUT2D eigenvalue weighted by atomic mass is 16.4. The Labute approximate surface area is 162 Å². The molecule has 0 aliphatic heterocycles. The molecule has 146 valence electrons. The van der Waals surface area contributed by atoms with E-state index in [4.69, 9.17) is 0 Å². The van der Waals surface area contributed by atoms with Gasteiger partial charge in [-0.25, -0.2) is 0 Å². The topological polar surface area (TPSA) is 81.3 Å². The zero-order valence-electron chi connectivity index (χ0n) is 16.5. The van der Waals surface area contributed by atoms with Gasteiger partial charge in [0.2, 0.25) is 0 Å². The summed E-state index contributed by atoms with van der Waals surface area (Å²) in [6, 6.07) is 2.22. The van der Waals surface area contributed by atoms with Gasteiger partial charge in [-0.15, -0.1) is 0 Å². The third-order valence-corrected chi connectivity index (χ3v) is 8.69. The summed E-state index contributed by atoms with van der Waals surface area (Å²) in [5.41, 5.74) is 3.32. The maximum Gasteiger partial charge on any atom is 0.308 e. The van der Waals surface area contributed by atoms with Crippen LogP contribution in [0.5, 0.6) is 0 Å². The Hall–Kier alpha value is -1.60. The van der Waals surface area contributed by atoms with Crippen LogP contribution in [0.25, 0.3) is 0 Å². The van der Waals surface area contributed by atoms with Crippen molar-refractivity contribution in [2.24, 2.45) is 28.6 Å². The van der Waals surface area contributed by atoms with Crippen molar-refractivity contribution in [2.75, 3.05) is 0 Å². The van der Waals surface area contributed by atoms with Crippen LogP contribution in [0.3, 0.4) is 0 Å². The van der Waals surface area contributed by atoms with Gasteiger partial charge < -0.3 is 10.2 Å². The monoisotopic (exact) mass is 369 g/mol. The number of aliphatic hydroxyl groups is 1. The van der Waals surface area contributed by atoms with Gasteiger partial charge in [-0.1, -0.05) is 25.5 Å². The molecular weight excluding hydrogens is 338 g/mol. The van der Waals surface area contributed by atoms with Gasteiger partial charge in [-0.2, -0.15) is 5.26 Å². The SMILES string of the molecule is C[C@]12CC[C@H](O)CC1=CCC1C2CC[C@]2(C)C(=C(C#N)CC(=O)O)CCC12. The van der Waals surface area contributed by atoms with Crippen LogP contribution in [0, 0.1) is 39.9 Å². The fourth-order valence-electron chi connectivity index (χ4n) is 7.31. The molecule has 0 spiro atoms. The van der Waals surface area contributed by atoms with E-state index in [9.17, 15) is 20.3 Å². The molecule has 3 unspecified atom stereocenters. The standard InChI is InChI=1S/C23H31NO3/c1-22-9-7-16(25)12-15(22)3-4-17-19-6-5-18(14(13-24)11-21(26)27)23(19,2)10-8-20(17)22/h3,16-17,19-20,25H,4-12H2,1-2H3,(H,26,27)/t16-,17?,19?,20?,22-,23+/m0/s1. The summed E-state index contributed by atoms with van der Waals surface area (Å²) in [5, 5.41) is 28.9. The number of carboxylic acids is 1. The van der Waals surface area contributed by atoms with E-state index in [1.807, 2.05) is 0 Å². The van der Waals surface area contributed by atoms with Crippen molar-refractivity contribution in [1.29, 1.82) is 5.26 Å². The summed E-state index contributed by atoms with van der Waals surface area (Å²) in [4.78, 5) is 11.2. The van der Waals surface area contributed by atoms with E-state index in [1.54, 1.807) is 0 Å². The van der Waals surface area contributed by atoms with Gasteiger partial charge >= 0.3 is 5.97 Å². The molecule has 4 aliphatic carbocycles. The number of fused-ring (bicyclic) bond motifs is 5. The third kappa shape index (κ3) is 2.78. The minimum atomic E-state index is -0.904. The third-order valence-electron chi connectivity index (χ3n) is 8.69. The molecule has 0 radical (unpaired) electrons. The van der Waals surface area contributed by atoms with E-state index in [0.29, 0.717) is 23.3 Å². The van der Waals surface area contributed by atoms with Crippen molar-refractivity contribution < 1.29 is 15.0 Å². The number of carbonyl (C=O) groups is 1. The minimum absolute atomic E-state index is 0.0163. The van der Waals surface area contributed by atoms with Crippen LogP contribution in [-0.2, 0) is 4.79 Å². The smallest absolute Gasteiger partial charge is 0.308 e. The molecule has 0 amide bonds. The quantitative estimate of drug-likeness (QED) is 0.550. The van der Waals surface area contributed by atoms with Gasteiger partial charge in [0.15, 0.2) is 0 Å². The molecule has 2 N–H and O–H groups in total. The molecule has 3 fully saturated rings. The van der Waals surface area contributed by atoms with Crippen molar-refractivity contribution in [2.45, 2.75) is 77.7 Å². The highest BCUT2D eigenvalue weighted by Gasteiger charge is 2.57. The second kappa shape index (κ2) is 6.48. The number of rotatable bonds is 2. The molecule has 0 bridgehead atoms. The Bertz CT molecular complexity index is 760. The maximum absolute atomic E-state index is 11.2. The summed E-state index contributed by atoms with van der Waals surface area (Å²) in [6.45, 7) is 4.71. The molecule has 0 saturated heterocycles. The van der Waals surface area contributed by atoms with E-state index in [2.05, 4.69) is 26.0 Å². The van der Waals surface area contributed by atoms with Crippen LogP contribution in [0.15, 0.2) is 22.8 Å². The first-order valence-electron chi connectivity index (χ1n) is 10.5. The average molecular weight is 370 g/mol. The molecule has 4 aliphatic rings. The van der Waals surface area contributed by atoms with Gasteiger partial charge in [0.05, 0.1) is 18.6 Å². The lowest BCUT2D eigenvalue weighted by atomic mass is 9.47. The van der Waals surface area contributed by atoms with E-state index in [1.165, 1.54) is 5.57 Å². The van der Waals surface area contributed by atoms with Crippen LogP contribution >= 0.6 is 0 Å². The number of carboxylic acid groups (broad SMARTS) is 1. The van der Waals surface area contributed by atoms with Crippen LogP contribution in [0.4, 0.5) is 0 Å². The number of allylic oxidation sites excluding steroid dienone is 2. The second-order valence-electron chi connectivity index (χ2n) is 9.79.